The molecule has 3 aromatic rings. The van der Waals surface area contributed by atoms with Crippen molar-refractivity contribution in [3.63, 3.8) is 0 Å². The standard InChI is InChI=1S/C40H47ClF2N4O7/c1-25(44-37(50)53-22-32-30-13-8-6-11-28(30)29-12-7-9-14-31(29)32)34(48)45-33(23-52-36(42)43)35(49)46(5)40(21-26-15-17-27(41)18-16-26)19-10-20-47(24-40)38(51)54-39(2,3)4/h6-9,11-18,25,32-33,36H,10,19-24H2,1-5H3,(H,44,50)(H,45,48)/t25-,33-,40+/m0/s1. The first-order valence-electron chi connectivity index (χ1n) is 17.9. The zero-order valence-corrected chi connectivity index (χ0v) is 31.8. The number of hydrogen-bond acceptors (Lipinski definition) is 7. The van der Waals surface area contributed by atoms with Crippen molar-refractivity contribution in [3.8, 4) is 11.1 Å². The van der Waals surface area contributed by atoms with E-state index in [1.54, 1.807) is 32.9 Å². The predicted octanol–water partition coefficient (Wildman–Crippen LogP) is 6.76. The summed E-state index contributed by atoms with van der Waals surface area (Å²) in [5.41, 5.74) is 3.17. The molecule has 11 nitrogen and oxygen atoms in total. The Morgan fingerprint density at radius 3 is 2.17 bits per heavy atom. The second-order valence-electron chi connectivity index (χ2n) is 14.8. The number of hydrogen-bond donors (Lipinski definition) is 2. The van der Waals surface area contributed by atoms with Crippen molar-refractivity contribution in [2.75, 3.05) is 33.4 Å². The number of carbonyl (C=O) groups is 4. The number of likely N-dealkylation sites (tertiary alicyclic amines) is 1. The third-order valence-electron chi connectivity index (χ3n) is 9.77. The fourth-order valence-corrected chi connectivity index (χ4v) is 7.23. The van der Waals surface area contributed by atoms with Crippen molar-refractivity contribution in [1.82, 2.24) is 20.4 Å². The Balaban J connectivity index is 1.29. The lowest BCUT2D eigenvalue weighted by Gasteiger charge is -2.49. The molecule has 1 saturated heterocycles. The van der Waals surface area contributed by atoms with Crippen molar-refractivity contribution in [2.24, 2.45) is 0 Å². The predicted molar refractivity (Wildman–Crippen MR) is 199 cm³/mol. The lowest BCUT2D eigenvalue weighted by Crippen LogP contribution is -2.65. The number of rotatable bonds is 12. The van der Waals surface area contributed by atoms with Crippen LogP contribution in [-0.2, 0) is 30.2 Å². The Labute approximate surface area is 319 Å². The molecule has 1 heterocycles. The number of ether oxygens (including phenoxy) is 3. The summed E-state index contributed by atoms with van der Waals surface area (Å²) in [6, 6.07) is 20.0. The molecule has 0 bridgehead atoms. The Kier molecular flexibility index (Phi) is 12.8. The molecule has 0 unspecified atom stereocenters. The largest absolute Gasteiger partial charge is 0.449 e. The number of amides is 4. The highest BCUT2D eigenvalue weighted by Gasteiger charge is 2.45. The van der Waals surface area contributed by atoms with Gasteiger partial charge in [0, 0.05) is 31.1 Å². The van der Waals surface area contributed by atoms with Gasteiger partial charge in [0.05, 0.1) is 12.1 Å². The van der Waals surface area contributed by atoms with E-state index in [9.17, 15) is 28.0 Å². The fraction of sp³-hybridized carbons (Fsp3) is 0.450. The monoisotopic (exact) mass is 768 g/mol. The van der Waals surface area contributed by atoms with Gasteiger partial charge in [-0.05, 0) is 86.9 Å². The highest BCUT2D eigenvalue weighted by Crippen LogP contribution is 2.44. The number of likely N-dealkylation sites (N-methyl/N-ethyl adjacent to an activating group) is 1. The topological polar surface area (TPSA) is 127 Å². The smallest absolute Gasteiger partial charge is 0.410 e. The maximum Gasteiger partial charge on any atom is 0.410 e. The molecule has 4 amide bonds. The summed E-state index contributed by atoms with van der Waals surface area (Å²) in [5, 5.41) is 5.49. The van der Waals surface area contributed by atoms with Gasteiger partial charge in [0.15, 0.2) is 0 Å². The molecule has 3 aromatic carbocycles. The quantitative estimate of drug-likeness (QED) is 0.209. The normalized spacial score (nSPS) is 17.9. The van der Waals surface area contributed by atoms with Gasteiger partial charge in [-0.1, -0.05) is 72.3 Å². The Bertz CT molecular complexity index is 1780. The van der Waals surface area contributed by atoms with Gasteiger partial charge in [-0.15, -0.1) is 0 Å². The Morgan fingerprint density at radius 2 is 1.57 bits per heavy atom. The van der Waals surface area contributed by atoms with Gasteiger partial charge >= 0.3 is 18.8 Å². The number of benzene rings is 3. The van der Waals surface area contributed by atoms with Crippen molar-refractivity contribution in [3.05, 3.63) is 94.5 Å². The molecule has 5 rings (SSSR count). The van der Waals surface area contributed by atoms with Crippen LogP contribution in [0.15, 0.2) is 72.8 Å². The molecule has 2 aliphatic rings. The van der Waals surface area contributed by atoms with E-state index in [-0.39, 0.29) is 25.5 Å². The highest BCUT2D eigenvalue weighted by molar-refractivity contribution is 6.30. The molecule has 0 spiro atoms. The van der Waals surface area contributed by atoms with E-state index in [0.717, 1.165) is 27.8 Å². The van der Waals surface area contributed by atoms with Crippen LogP contribution in [-0.4, -0.2) is 97.0 Å². The number of piperidine rings is 1. The minimum Gasteiger partial charge on any atom is -0.449 e. The summed E-state index contributed by atoms with van der Waals surface area (Å²) < 4.78 is 42.5. The second kappa shape index (κ2) is 17.2. The SMILES string of the molecule is C[C@H](NC(=O)OCC1c2ccccc2-c2ccccc21)C(=O)N[C@@H](COC(F)F)C(=O)N(C)[C@@]1(Cc2ccc(Cl)cc2)CCCN(C(=O)OC(C)(C)C)C1. The van der Waals surface area contributed by atoms with E-state index >= 15 is 0 Å². The van der Waals surface area contributed by atoms with Crippen molar-refractivity contribution < 1.29 is 42.2 Å². The molecule has 290 valence electrons. The maximum absolute atomic E-state index is 14.3. The first-order chi connectivity index (χ1) is 25.6. The van der Waals surface area contributed by atoms with E-state index in [4.69, 9.17) is 21.1 Å². The molecule has 54 heavy (non-hydrogen) atoms. The summed E-state index contributed by atoms with van der Waals surface area (Å²) in [4.78, 5) is 56.8. The van der Waals surface area contributed by atoms with Crippen LogP contribution in [0.4, 0.5) is 18.4 Å². The second-order valence-corrected chi connectivity index (χ2v) is 15.2. The molecular formula is C40H47ClF2N4O7. The van der Waals surface area contributed by atoms with Crippen LogP contribution in [0.1, 0.15) is 63.1 Å². The van der Waals surface area contributed by atoms with Crippen LogP contribution < -0.4 is 10.6 Å². The van der Waals surface area contributed by atoms with Crippen molar-refractivity contribution in [2.45, 2.75) is 82.7 Å². The molecule has 0 radical (unpaired) electrons. The van der Waals surface area contributed by atoms with Crippen LogP contribution >= 0.6 is 11.6 Å². The van der Waals surface area contributed by atoms with Crippen LogP contribution in [0.25, 0.3) is 11.1 Å². The van der Waals surface area contributed by atoms with Gasteiger partial charge in [-0.25, -0.2) is 9.59 Å². The number of nitrogens with zero attached hydrogens (tertiary/aromatic N) is 2. The zero-order valence-electron chi connectivity index (χ0n) is 31.1. The Morgan fingerprint density at radius 1 is 0.963 bits per heavy atom. The van der Waals surface area contributed by atoms with E-state index in [2.05, 4.69) is 15.4 Å². The average molecular weight is 769 g/mol. The summed E-state index contributed by atoms with van der Waals surface area (Å²) in [5.74, 6) is -1.75. The number of nitrogens with one attached hydrogen (secondary N) is 2. The summed E-state index contributed by atoms with van der Waals surface area (Å²) in [7, 11) is 1.51. The van der Waals surface area contributed by atoms with Gasteiger partial charge in [-0.3, -0.25) is 9.59 Å². The van der Waals surface area contributed by atoms with Crippen LogP contribution in [0.3, 0.4) is 0 Å². The maximum atomic E-state index is 14.3. The molecule has 1 fully saturated rings. The molecule has 2 N–H and O–H groups in total. The average Bonchev–Trinajstić information content (AvgIpc) is 3.45. The number of carbonyl (C=O) groups excluding carboxylic acids is 4. The van der Waals surface area contributed by atoms with Gasteiger partial charge in [-0.2, -0.15) is 8.78 Å². The first-order valence-corrected chi connectivity index (χ1v) is 18.3. The van der Waals surface area contributed by atoms with Gasteiger partial charge in [0.1, 0.15) is 24.3 Å². The van der Waals surface area contributed by atoms with Crippen molar-refractivity contribution in [1.29, 1.82) is 0 Å². The van der Waals surface area contributed by atoms with Crippen molar-refractivity contribution >= 4 is 35.6 Å². The fourth-order valence-electron chi connectivity index (χ4n) is 7.10. The first kappa shape index (κ1) is 40.4. The zero-order chi connectivity index (χ0) is 39.2. The lowest BCUT2D eigenvalue weighted by atomic mass is 9.81. The number of halogens is 3. The summed E-state index contributed by atoms with van der Waals surface area (Å²) in [6.45, 7) is 3.05. The van der Waals surface area contributed by atoms with Gasteiger partial charge < -0.3 is 34.6 Å². The minimum atomic E-state index is -3.22. The molecule has 14 heteroatoms. The summed E-state index contributed by atoms with van der Waals surface area (Å²) in [6.07, 6.45) is -0.178. The highest BCUT2D eigenvalue weighted by atomic mass is 35.5. The number of alkyl carbamates (subject to hydrolysis) is 1. The van der Waals surface area contributed by atoms with Gasteiger partial charge in [0.25, 0.3) is 0 Å². The van der Waals surface area contributed by atoms with E-state index in [1.165, 1.54) is 23.8 Å². The van der Waals surface area contributed by atoms with E-state index in [1.807, 2.05) is 60.7 Å². The number of alkyl halides is 2. The van der Waals surface area contributed by atoms with Crippen LogP contribution in [0.2, 0.25) is 5.02 Å². The third kappa shape index (κ3) is 9.86. The minimum absolute atomic E-state index is 0.0123. The van der Waals surface area contributed by atoms with Crippen LogP contribution in [0.5, 0.6) is 0 Å². The molecule has 1 aliphatic heterocycles. The third-order valence-corrected chi connectivity index (χ3v) is 10.0. The Hall–Kier alpha value is -4.75. The van der Waals surface area contributed by atoms with E-state index in [0.29, 0.717) is 24.4 Å². The lowest BCUT2D eigenvalue weighted by molar-refractivity contribution is -0.156. The molecule has 0 saturated carbocycles. The molecule has 0 aromatic heterocycles. The van der Waals surface area contributed by atoms with Gasteiger partial charge in [0.2, 0.25) is 11.8 Å². The van der Waals surface area contributed by atoms with Crippen LogP contribution in [0, 0.1) is 0 Å². The summed E-state index contributed by atoms with van der Waals surface area (Å²) >= 11 is 6.14. The number of fused-ring (bicyclic) bond motifs is 3. The molecular weight excluding hydrogens is 722 g/mol. The molecule has 1 aliphatic carbocycles. The van der Waals surface area contributed by atoms with E-state index < -0.39 is 60.4 Å². The molecule has 3 atom stereocenters.